The van der Waals surface area contributed by atoms with Gasteiger partial charge in [-0.25, -0.2) is 0 Å². The zero-order valence-corrected chi connectivity index (χ0v) is 9.76. The maximum atomic E-state index is 5.05. The fourth-order valence-electron chi connectivity index (χ4n) is 1.05. The number of ether oxygens (including phenoxy) is 1. The van der Waals surface area contributed by atoms with Gasteiger partial charge in [0.25, 0.3) is 0 Å². The first kappa shape index (κ1) is 13.0. The minimum atomic E-state index is 0.569. The number of methoxy groups -OCH3 is 1. The van der Waals surface area contributed by atoms with Crippen molar-refractivity contribution >= 4 is 12.6 Å². The molecule has 0 bridgehead atoms. The number of nitrogens with zero attached hydrogens (tertiary/aromatic N) is 1. The Morgan fingerprint density at radius 3 is 2.54 bits per heavy atom. The quantitative estimate of drug-likeness (QED) is 0.500. The van der Waals surface area contributed by atoms with Crippen LogP contribution in [0.15, 0.2) is 12.2 Å². The van der Waals surface area contributed by atoms with Crippen LogP contribution < -0.4 is 0 Å². The van der Waals surface area contributed by atoms with Gasteiger partial charge in [-0.2, -0.15) is 12.6 Å². The molecule has 0 atom stereocenters. The SMILES string of the molecule is COCCN(C/C=C/CS)C(C)C. The van der Waals surface area contributed by atoms with Crippen LogP contribution in [0.5, 0.6) is 0 Å². The van der Waals surface area contributed by atoms with Gasteiger partial charge in [0.1, 0.15) is 0 Å². The second-order valence-electron chi connectivity index (χ2n) is 3.24. The Morgan fingerprint density at radius 1 is 1.38 bits per heavy atom. The molecule has 13 heavy (non-hydrogen) atoms. The number of hydrogen-bond donors (Lipinski definition) is 1. The van der Waals surface area contributed by atoms with Crippen molar-refractivity contribution in [1.82, 2.24) is 4.90 Å². The predicted molar refractivity (Wildman–Crippen MR) is 61.6 cm³/mol. The molecule has 0 saturated carbocycles. The Labute approximate surface area is 87.4 Å². The fourth-order valence-corrected chi connectivity index (χ4v) is 1.20. The molecule has 0 unspecified atom stereocenters. The van der Waals surface area contributed by atoms with Crippen molar-refractivity contribution in [3.8, 4) is 0 Å². The van der Waals surface area contributed by atoms with Gasteiger partial charge in [-0.05, 0) is 13.8 Å². The minimum absolute atomic E-state index is 0.569. The van der Waals surface area contributed by atoms with Crippen LogP contribution in [0.2, 0.25) is 0 Å². The third kappa shape index (κ3) is 7.11. The molecule has 0 radical (unpaired) electrons. The van der Waals surface area contributed by atoms with E-state index in [4.69, 9.17) is 4.74 Å². The third-order valence-electron chi connectivity index (χ3n) is 1.92. The summed E-state index contributed by atoms with van der Waals surface area (Å²) in [4.78, 5) is 2.36. The molecule has 0 fully saturated rings. The highest BCUT2D eigenvalue weighted by molar-refractivity contribution is 7.80. The lowest BCUT2D eigenvalue weighted by molar-refractivity contribution is 0.138. The maximum absolute atomic E-state index is 5.05. The maximum Gasteiger partial charge on any atom is 0.0589 e. The molecule has 0 aromatic heterocycles. The van der Waals surface area contributed by atoms with E-state index in [2.05, 4.69) is 43.5 Å². The molecule has 0 amide bonds. The largest absolute Gasteiger partial charge is 0.383 e. The molecule has 78 valence electrons. The van der Waals surface area contributed by atoms with E-state index in [1.54, 1.807) is 7.11 Å². The van der Waals surface area contributed by atoms with Gasteiger partial charge >= 0.3 is 0 Å². The summed E-state index contributed by atoms with van der Waals surface area (Å²) in [5.74, 6) is 0.816. The smallest absolute Gasteiger partial charge is 0.0589 e. The molecule has 2 nitrogen and oxygen atoms in total. The highest BCUT2D eigenvalue weighted by Crippen LogP contribution is 1.97. The summed E-state index contributed by atoms with van der Waals surface area (Å²) in [5, 5.41) is 0. The van der Waals surface area contributed by atoms with E-state index in [-0.39, 0.29) is 0 Å². The molecule has 0 aliphatic heterocycles. The lowest BCUT2D eigenvalue weighted by atomic mass is 10.3. The summed E-state index contributed by atoms with van der Waals surface area (Å²) in [6.07, 6.45) is 4.23. The van der Waals surface area contributed by atoms with Gasteiger partial charge in [0.2, 0.25) is 0 Å². The van der Waals surface area contributed by atoms with Crippen LogP contribution in [0.1, 0.15) is 13.8 Å². The molecule has 0 rings (SSSR count). The highest BCUT2D eigenvalue weighted by atomic mass is 32.1. The van der Waals surface area contributed by atoms with Crippen molar-refractivity contribution in [3.63, 3.8) is 0 Å². The van der Waals surface area contributed by atoms with Gasteiger partial charge in [0, 0.05) is 32.0 Å². The summed E-state index contributed by atoms with van der Waals surface area (Å²) in [5.41, 5.74) is 0. The van der Waals surface area contributed by atoms with Crippen LogP contribution in [-0.4, -0.2) is 43.5 Å². The van der Waals surface area contributed by atoms with Crippen LogP contribution in [0.3, 0.4) is 0 Å². The summed E-state index contributed by atoms with van der Waals surface area (Å²) < 4.78 is 5.05. The third-order valence-corrected chi connectivity index (χ3v) is 2.14. The topological polar surface area (TPSA) is 12.5 Å². The van der Waals surface area contributed by atoms with Gasteiger partial charge in [0.15, 0.2) is 0 Å². The number of thiol groups is 1. The van der Waals surface area contributed by atoms with Gasteiger partial charge in [-0.1, -0.05) is 12.2 Å². The van der Waals surface area contributed by atoms with E-state index in [1.165, 1.54) is 0 Å². The Balaban J connectivity index is 3.73. The first-order chi connectivity index (χ1) is 6.22. The van der Waals surface area contributed by atoms with Gasteiger partial charge in [-0.3, -0.25) is 4.90 Å². The van der Waals surface area contributed by atoms with Crippen molar-refractivity contribution < 1.29 is 4.74 Å². The molecule has 0 saturated heterocycles. The monoisotopic (exact) mass is 203 g/mol. The summed E-state index contributed by atoms with van der Waals surface area (Å²) in [6, 6.07) is 0.569. The van der Waals surface area contributed by atoms with Crippen LogP contribution in [0.25, 0.3) is 0 Å². The minimum Gasteiger partial charge on any atom is -0.383 e. The normalized spacial score (nSPS) is 12.2. The van der Waals surface area contributed by atoms with Crippen molar-refractivity contribution in [1.29, 1.82) is 0 Å². The first-order valence-corrected chi connectivity index (χ1v) is 5.34. The van der Waals surface area contributed by atoms with Crippen LogP contribution in [-0.2, 0) is 4.74 Å². The zero-order chi connectivity index (χ0) is 10.1. The summed E-state index contributed by atoms with van der Waals surface area (Å²) in [6.45, 7) is 7.17. The number of hydrogen-bond acceptors (Lipinski definition) is 3. The molecule has 0 N–H and O–H groups in total. The second-order valence-corrected chi connectivity index (χ2v) is 3.60. The first-order valence-electron chi connectivity index (χ1n) is 4.71. The zero-order valence-electron chi connectivity index (χ0n) is 8.86. The standard InChI is InChI=1S/C10H21NOS/c1-10(2)11(7-8-12-3)6-4-5-9-13/h4-5,10,13H,6-9H2,1-3H3/b5-4+. The van der Waals surface area contributed by atoms with E-state index >= 15 is 0 Å². The molecule has 0 spiro atoms. The average molecular weight is 203 g/mol. The molecule has 0 heterocycles. The summed E-state index contributed by atoms with van der Waals surface area (Å²) >= 11 is 4.12. The molecular weight excluding hydrogens is 182 g/mol. The van der Waals surface area contributed by atoms with Crippen LogP contribution >= 0.6 is 12.6 Å². The van der Waals surface area contributed by atoms with E-state index in [1.807, 2.05) is 0 Å². The predicted octanol–water partition coefficient (Wildman–Crippen LogP) is 1.83. The molecule has 0 aliphatic carbocycles. The Hall–Kier alpha value is 0.01000. The number of rotatable bonds is 7. The Morgan fingerprint density at radius 2 is 2.08 bits per heavy atom. The lowest BCUT2D eigenvalue weighted by Gasteiger charge is -2.24. The van der Waals surface area contributed by atoms with E-state index in [0.717, 1.165) is 25.4 Å². The average Bonchev–Trinajstić information content (AvgIpc) is 2.10. The molecule has 0 aliphatic rings. The van der Waals surface area contributed by atoms with E-state index in [0.29, 0.717) is 6.04 Å². The van der Waals surface area contributed by atoms with Gasteiger partial charge in [-0.15, -0.1) is 0 Å². The van der Waals surface area contributed by atoms with Crippen molar-refractivity contribution in [2.24, 2.45) is 0 Å². The highest BCUT2D eigenvalue weighted by Gasteiger charge is 2.05. The van der Waals surface area contributed by atoms with Gasteiger partial charge < -0.3 is 4.74 Å². The molecule has 3 heteroatoms. The molecule has 0 aromatic carbocycles. The van der Waals surface area contributed by atoms with Crippen molar-refractivity contribution in [3.05, 3.63) is 12.2 Å². The lowest BCUT2D eigenvalue weighted by Crippen LogP contribution is -2.33. The molecular formula is C10H21NOS. The van der Waals surface area contributed by atoms with Crippen molar-refractivity contribution in [2.45, 2.75) is 19.9 Å². The van der Waals surface area contributed by atoms with Gasteiger partial charge in [0.05, 0.1) is 6.61 Å². The summed E-state index contributed by atoms with van der Waals surface area (Å²) in [7, 11) is 1.74. The van der Waals surface area contributed by atoms with E-state index in [9.17, 15) is 0 Å². The van der Waals surface area contributed by atoms with E-state index < -0.39 is 0 Å². The molecule has 0 aromatic rings. The van der Waals surface area contributed by atoms with Crippen LogP contribution in [0, 0.1) is 0 Å². The fraction of sp³-hybridized carbons (Fsp3) is 0.800. The second kappa shape index (κ2) is 8.60. The Kier molecular flexibility index (Phi) is 8.61. The van der Waals surface area contributed by atoms with Crippen molar-refractivity contribution in [2.75, 3.05) is 32.6 Å². The van der Waals surface area contributed by atoms with Crippen LogP contribution in [0.4, 0.5) is 0 Å². The Bertz CT molecular complexity index is 137.